The summed E-state index contributed by atoms with van der Waals surface area (Å²) in [4.78, 5) is 37.2. The maximum absolute atomic E-state index is 15.2. The molecule has 1 aliphatic heterocycles. The van der Waals surface area contributed by atoms with Crippen molar-refractivity contribution in [3.63, 3.8) is 0 Å². The maximum Gasteiger partial charge on any atom is 0.407 e. The Hall–Kier alpha value is -2.95. The summed E-state index contributed by atoms with van der Waals surface area (Å²) in [6.45, 7) is 3.36. The Morgan fingerprint density at radius 2 is 1.97 bits per heavy atom. The van der Waals surface area contributed by atoms with Gasteiger partial charge in [0.1, 0.15) is 17.0 Å². The topological polar surface area (TPSA) is 101 Å². The summed E-state index contributed by atoms with van der Waals surface area (Å²) < 4.78 is 51.4. The number of benzene rings is 1. The van der Waals surface area contributed by atoms with Gasteiger partial charge >= 0.3 is 12.1 Å². The molecule has 1 atom stereocenters. The lowest BCUT2D eigenvalue weighted by atomic mass is 10.1. The minimum absolute atomic E-state index is 0.110. The van der Waals surface area contributed by atoms with E-state index >= 15 is 4.39 Å². The molecular formula is C23H25ClF3N3O5. The Labute approximate surface area is 203 Å². The zero-order chi connectivity index (χ0) is 25.9. The fourth-order valence-corrected chi connectivity index (χ4v) is 4.68. The van der Waals surface area contributed by atoms with Crippen LogP contribution in [-0.2, 0) is 4.74 Å². The summed E-state index contributed by atoms with van der Waals surface area (Å²) in [6, 6.07) is 0.729. The molecule has 2 aliphatic rings. The Bertz CT molecular complexity index is 1270. The van der Waals surface area contributed by atoms with Crippen LogP contribution in [0.1, 0.15) is 50.0 Å². The van der Waals surface area contributed by atoms with E-state index in [1.54, 1.807) is 20.8 Å². The van der Waals surface area contributed by atoms with Crippen LogP contribution in [0.4, 0.5) is 23.7 Å². The number of carbonyl (C=O) groups excluding carboxylic acids is 1. The minimum Gasteiger partial charge on any atom is -0.477 e. The zero-order valence-electron chi connectivity index (χ0n) is 19.3. The molecule has 1 unspecified atom stereocenters. The van der Waals surface area contributed by atoms with Crippen LogP contribution in [-0.4, -0.2) is 52.9 Å². The highest BCUT2D eigenvalue weighted by molar-refractivity contribution is 6.38. The van der Waals surface area contributed by atoms with E-state index in [1.807, 2.05) is 0 Å². The molecule has 2 aromatic rings. The number of carboxylic acids is 1. The van der Waals surface area contributed by atoms with Crippen LogP contribution in [0.3, 0.4) is 0 Å². The number of aromatic carboxylic acids is 1. The largest absolute Gasteiger partial charge is 0.477 e. The molecule has 8 nitrogen and oxygen atoms in total. The number of rotatable bonds is 5. The van der Waals surface area contributed by atoms with Crippen molar-refractivity contribution < 1.29 is 32.6 Å². The normalized spacial score (nSPS) is 19.7. The summed E-state index contributed by atoms with van der Waals surface area (Å²) in [5, 5.41) is 11.3. The van der Waals surface area contributed by atoms with E-state index in [9.17, 15) is 28.3 Å². The zero-order valence-corrected chi connectivity index (χ0v) is 20.1. The molecule has 2 heterocycles. The van der Waals surface area contributed by atoms with Gasteiger partial charge < -0.3 is 24.6 Å². The van der Waals surface area contributed by atoms with Crippen LogP contribution in [0.25, 0.3) is 10.9 Å². The molecule has 35 heavy (non-hydrogen) atoms. The fraction of sp³-hybridized carbons (Fsp3) is 0.522. The van der Waals surface area contributed by atoms with Crippen LogP contribution >= 0.6 is 11.6 Å². The number of hydrogen-bond acceptors (Lipinski definition) is 5. The van der Waals surface area contributed by atoms with E-state index in [-0.39, 0.29) is 34.2 Å². The van der Waals surface area contributed by atoms with Gasteiger partial charge in [0.25, 0.3) is 5.92 Å². The third kappa shape index (κ3) is 4.91. The average Bonchev–Trinajstić information content (AvgIpc) is 3.50. The molecule has 0 radical (unpaired) electrons. The number of alkyl carbamates (subject to hydrolysis) is 1. The molecule has 2 fully saturated rings. The SMILES string of the molecule is CC(C)(C)OC(=O)NCC1CN(c2c(F)cc3c(=O)c(C(=O)O)cn(C4CC4)c3c2Cl)CC1(F)F. The van der Waals surface area contributed by atoms with Gasteiger partial charge in [0.2, 0.25) is 5.43 Å². The van der Waals surface area contributed by atoms with Gasteiger partial charge in [-0.2, -0.15) is 0 Å². The highest BCUT2D eigenvalue weighted by atomic mass is 35.5. The summed E-state index contributed by atoms with van der Waals surface area (Å²) in [5.41, 5.74) is -2.40. The molecule has 1 amide bonds. The van der Waals surface area contributed by atoms with Crippen molar-refractivity contribution in [1.29, 1.82) is 0 Å². The second-order valence-electron chi connectivity index (χ2n) is 9.95. The quantitative estimate of drug-likeness (QED) is 0.611. The van der Waals surface area contributed by atoms with Gasteiger partial charge in [-0.05, 0) is 39.7 Å². The lowest BCUT2D eigenvalue weighted by Gasteiger charge is -2.23. The third-order valence-electron chi connectivity index (χ3n) is 6.00. The lowest BCUT2D eigenvalue weighted by molar-refractivity contribution is -0.0208. The number of carbonyl (C=O) groups is 2. The molecule has 1 aromatic heterocycles. The van der Waals surface area contributed by atoms with Gasteiger partial charge in [-0.15, -0.1) is 0 Å². The van der Waals surface area contributed by atoms with Crippen molar-refractivity contribution in [1.82, 2.24) is 9.88 Å². The first-order valence-corrected chi connectivity index (χ1v) is 11.5. The van der Waals surface area contributed by atoms with E-state index < -0.39 is 59.4 Å². The molecule has 1 aromatic carbocycles. The number of amides is 1. The summed E-state index contributed by atoms with van der Waals surface area (Å²) in [7, 11) is 0. The maximum atomic E-state index is 15.2. The van der Waals surface area contributed by atoms with Gasteiger partial charge in [0, 0.05) is 25.3 Å². The summed E-state index contributed by atoms with van der Waals surface area (Å²) in [5.74, 6) is -7.09. The van der Waals surface area contributed by atoms with Gasteiger partial charge in [-0.25, -0.2) is 22.8 Å². The Kier molecular flexibility index (Phi) is 6.19. The standard InChI is InChI=1S/C23H25ClF3N3O5/c1-22(2,3)35-21(34)28-7-11-8-29(10-23(11,26)27)18-15(25)6-13-17(16(18)24)30(12-4-5-12)9-14(19(13)31)20(32)33/h6,9,11-12H,4-5,7-8,10H2,1-3H3,(H,28,34)(H,32,33). The highest BCUT2D eigenvalue weighted by Crippen LogP contribution is 2.44. The predicted octanol–water partition coefficient (Wildman–Crippen LogP) is 4.42. The highest BCUT2D eigenvalue weighted by Gasteiger charge is 2.49. The van der Waals surface area contributed by atoms with E-state index in [2.05, 4.69) is 5.32 Å². The second-order valence-corrected chi connectivity index (χ2v) is 10.3. The summed E-state index contributed by atoms with van der Waals surface area (Å²) in [6.07, 6.45) is 1.75. The number of nitrogens with zero attached hydrogens (tertiary/aromatic N) is 2. The van der Waals surface area contributed by atoms with Gasteiger partial charge in [-0.1, -0.05) is 11.6 Å². The molecule has 0 bridgehead atoms. The first-order valence-electron chi connectivity index (χ1n) is 11.1. The third-order valence-corrected chi connectivity index (χ3v) is 6.36. The number of aromatic nitrogens is 1. The number of hydrogen-bond donors (Lipinski definition) is 2. The van der Waals surface area contributed by atoms with E-state index in [1.165, 1.54) is 10.8 Å². The molecular weight excluding hydrogens is 491 g/mol. The number of fused-ring (bicyclic) bond motifs is 1. The summed E-state index contributed by atoms with van der Waals surface area (Å²) >= 11 is 6.53. The lowest BCUT2D eigenvalue weighted by Crippen LogP contribution is -2.40. The van der Waals surface area contributed by atoms with Crippen molar-refractivity contribution in [2.24, 2.45) is 5.92 Å². The molecule has 12 heteroatoms. The number of carboxylic acid groups (broad SMARTS) is 1. The molecule has 1 aliphatic carbocycles. The second kappa shape index (κ2) is 8.61. The monoisotopic (exact) mass is 515 g/mol. The number of pyridine rings is 1. The van der Waals surface area contributed by atoms with Crippen LogP contribution < -0.4 is 15.6 Å². The predicted molar refractivity (Wildman–Crippen MR) is 123 cm³/mol. The Balaban J connectivity index is 1.69. The number of halogens is 4. The number of alkyl halides is 2. The van der Waals surface area contributed by atoms with Crippen LogP contribution in [0.2, 0.25) is 5.02 Å². The van der Waals surface area contributed by atoms with Crippen LogP contribution in [0, 0.1) is 11.7 Å². The van der Waals surface area contributed by atoms with E-state index in [0.29, 0.717) is 12.8 Å². The fourth-order valence-electron chi connectivity index (χ4n) is 4.27. The molecule has 190 valence electrons. The van der Waals surface area contributed by atoms with Crippen molar-refractivity contribution in [3.05, 3.63) is 38.9 Å². The molecule has 1 saturated carbocycles. The smallest absolute Gasteiger partial charge is 0.407 e. The van der Waals surface area contributed by atoms with Gasteiger partial charge in [-0.3, -0.25) is 4.79 Å². The van der Waals surface area contributed by atoms with Gasteiger partial charge in [0.05, 0.1) is 34.1 Å². The first-order chi connectivity index (χ1) is 16.2. The average molecular weight is 516 g/mol. The van der Waals surface area contributed by atoms with Crippen molar-refractivity contribution >= 4 is 40.3 Å². The van der Waals surface area contributed by atoms with E-state index in [4.69, 9.17) is 16.3 Å². The number of ether oxygens (including phenoxy) is 1. The van der Waals surface area contributed by atoms with Crippen LogP contribution in [0.15, 0.2) is 17.1 Å². The Morgan fingerprint density at radius 3 is 2.54 bits per heavy atom. The van der Waals surface area contributed by atoms with E-state index in [0.717, 1.165) is 11.0 Å². The van der Waals surface area contributed by atoms with Crippen molar-refractivity contribution in [2.45, 2.75) is 51.2 Å². The molecule has 0 spiro atoms. The van der Waals surface area contributed by atoms with Crippen molar-refractivity contribution in [3.8, 4) is 0 Å². The first kappa shape index (κ1) is 25.2. The minimum atomic E-state index is -3.27. The van der Waals surface area contributed by atoms with Crippen LogP contribution in [0.5, 0.6) is 0 Å². The molecule has 1 saturated heterocycles. The van der Waals surface area contributed by atoms with Gasteiger partial charge in [0.15, 0.2) is 0 Å². The number of anilines is 1. The number of nitrogens with one attached hydrogen (secondary N) is 1. The molecule has 4 rings (SSSR count). The molecule has 2 N–H and O–H groups in total. The van der Waals surface area contributed by atoms with Crippen molar-refractivity contribution in [2.75, 3.05) is 24.5 Å². The Morgan fingerprint density at radius 1 is 1.31 bits per heavy atom.